The van der Waals surface area contributed by atoms with Crippen molar-refractivity contribution in [3.8, 4) is 5.88 Å². The molecule has 3 rings (SSSR count). The zero-order valence-electron chi connectivity index (χ0n) is 16.8. The first kappa shape index (κ1) is 22.4. The molecular weight excluding hydrogens is 416 g/mol. The molecule has 0 radical (unpaired) electrons. The van der Waals surface area contributed by atoms with Crippen molar-refractivity contribution in [1.29, 1.82) is 0 Å². The summed E-state index contributed by atoms with van der Waals surface area (Å²) in [4.78, 5) is 8.20. The van der Waals surface area contributed by atoms with Gasteiger partial charge in [-0.15, -0.1) is 0 Å². The maximum absolute atomic E-state index is 14.1. The smallest absolute Gasteiger partial charge is 0.277 e. The topological polar surface area (TPSA) is 101 Å². The lowest BCUT2D eigenvalue weighted by molar-refractivity contribution is 0.000278. The van der Waals surface area contributed by atoms with Gasteiger partial charge >= 0.3 is 0 Å². The van der Waals surface area contributed by atoms with Crippen LogP contribution in [0.5, 0.6) is 5.88 Å². The summed E-state index contributed by atoms with van der Waals surface area (Å²) < 4.78 is 57.0. The molecule has 2 atom stereocenters. The van der Waals surface area contributed by atoms with E-state index in [1.165, 1.54) is 24.3 Å². The Labute approximate surface area is 174 Å². The van der Waals surface area contributed by atoms with E-state index in [1.54, 1.807) is 0 Å². The molecule has 0 spiro atoms. The van der Waals surface area contributed by atoms with E-state index in [0.717, 1.165) is 38.6 Å². The van der Waals surface area contributed by atoms with Gasteiger partial charge in [0.1, 0.15) is 11.7 Å². The van der Waals surface area contributed by atoms with Crippen LogP contribution in [0.3, 0.4) is 0 Å². The fraction of sp³-hybridized carbons (Fsp3) is 0.500. The first-order valence-corrected chi connectivity index (χ1v) is 11.6. The van der Waals surface area contributed by atoms with Crippen molar-refractivity contribution in [2.24, 2.45) is 0 Å². The highest BCUT2D eigenvalue weighted by molar-refractivity contribution is 7.90. The molecule has 10 heteroatoms. The van der Waals surface area contributed by atoms with Gasteiger partial charge in [-0.25, -0.2) is 22.2 Å². The SMILES string of the molecule is CC(F)(F)c1cnc(Nc2ccc(S(C)(=O)=O)cc2)nc1O[C@@H]1CCCCC[C@@H]1O. The van der Waals surface area contributed by atoms with Gasteiger partial charge in [0, 0.05) is 25.1 Å². The maximum atomic E-state index is 14.1. The van der Waals surface area contributed by atoms with Crippen LogP contribution in [0, 0.1) is 0 Å². The number of halogens is 2. The Morgan fingerprint density at radius 2 is 1.83 bits per heavy atom. The van der Waals surface area contributed by atoms with Crippen molar-refractivity contribution in [3.05, 3.63) is 36.0 Å². The number of aliphatic hydroxyl groups is 1. The predicted molar refractivity (Wildman–Crippen MR) is 108 cm³/mol. The first-order chi connectivity index (χ1) is 14.0. The minimum Gasteiger partial charge on any atom is -0.471 e. The molecule has 7 nitrogen and oxygen atoms in total. The van der Waals surface area contributed by atoms with Gasteiger partial charge in [-0.1, -0.05) is 12.8 Å². The number of anilines is 2. The minimum atomic E-state index is -3.33. The van der Waals surface area contributed by atoms with Crippen LogP contribution in [-0.2, 0) is 15.8 Å². The Morgan fingerprint density at radius 3 is 2.47 bits per heavy atom. The molecule has 0 aliphatic heterocycles. The summed E-state index contributed by atoms with van der Waals surface area (Å²) >= 11 is 0. The molecule has 0 amide bonds. The number of hydrogen-bond acceptors (Lipinski definition) is 7. The van der Waals surface area contributed by atoms with Crippen molar-refractivity contribution in [2.75, 3.05) is 11.6 Å². The van der Waals surface area contributed by atoms with Crippen LogP contribution < -0.4 is 10.1 Å². The maximum Gasteiger partial charge on any atom is 0.277 e. The van der Waals surface area contributed by atoms with E-state index in [1.807, 2.05) is 0 Å². The van der Waals surface area contributed by atoms with E-state index in [2.05, 4.69) is 15.3 Å². The Balaban J connectivity index is 1.86. The van der Waals surface area contributed by atoms with Crippen molar-refractivity contribution < 1.29 is 27.0 Å². The number of sulfone groups is 1. The molecule has 2 aromatic rings. The number of hydrogen-bond donors (Lipinski definition) is 2. The summed E-state index contributed by atoms with van der Waals surface area (Å²) in [5.74, 6) is -3.48. The van der Waals surface area contributed by atoms with Crippen LogP contribution in [-0.4, -0.2) is 42.0 Å². The fourth-order valence-electron chi connectivity index (χ4n) is 3.27. The zero-order valence-corrected chi connectivity index (χ0v) is 17.6. The molecular formula is C20H25F2N3O4S. The third-order valence-electron chi connectivity index (χ3n) is 4.95. The molecule has 1 fully saturated rings. The molecule has 0 bridgehead atoms. The van der Waals surface area contributed by atoms with Crippen LogP contribution >= 0.6 is 0 Å². The van der Waals surface area contributed by atoms with E-state index in [9.17, 15) is 22.3 Å². The first-order valence-electron chi connectivity index (χ1n) is 9.71. The normalized spacial score (nSPS) is 20.4. The van der Waals surface area contributed by atoms with Crippen LogP contribution in [0.2, 0.25) is 0 Å². The van der Waals surface area contributed by atoms with Gasteiger partial charge in [0.05, 0.1) is 11.0 Å². The molecule has 1 aromatic carbocycles. The lowest BCUT2D eigenvalue weighted by atomic mass is 10.1. The van der Waals surface area contributed by atoms with Gasteiger partial charge in [0.2, 0.25) is 11.8 Å². The molecule has 1 aliphatic carbocycles. The summed E-state index contributed by atoms with van der Waals surface area (Å²) in [5.41, 5.74) is 0.0239. The van der Waals surface area contributed by atoms with Crippen LogP contribution in [0.15, 0.2) is 35.4 Å². The van der Waals surface area contributed by atoms with E-state index in [-0.39, 0.29) is 16.7 Å². The van der Waals surface area contributed by atoms with Gasteiger partial charge in [-0.2, -0.15) is 4.98 Å². The highest BCUT2D eigenvalue weighted by atomic mass is 32.2. The Morgan fingerprint density at radius 1 is 1.17 bits per heavy atom. The third kappa shape index (κ3) is 5.63. The summed E-state index contributed by atoms with van der Waals surface area (Å²) in [6.07, 6.45) is 4.48. The highest BCUT2D eigenvalue weighted by Crippen LogP contribution is 2.35. The Hall–Kier alpha value is -2.33. The molecule has 1 heterocycles. The van der Waals surface area contributed by atoms with Gasteiger partial charge in [0.25, 0.3) is 5.92 Å². The molecule has 1 aromatic heterocycles. The predicted octanol–water partition coefficient (Wildman–Crippen LogP) is 3.81. The Kier molecular flexibility index (Phi) is 6.56. The van der Waals surface area contributed by atoms with E-state index in [0.29, 0.717) is 18.5 Å². The lowest BCUT2D eigenvalue weighted by Gasteiger charge is -2.24. The van der Waals surface area contributed by atoms with Crippen LogP contribution in [0.1, 0.15) is 44.6 Å². The van der Waals surface area contributed by atoms with Crippen molar-refractivity contribution in [3.63, 3.8) is 0 Å². The molecule has 2 N–H and O–H groups in total. The zero-order chi connectivity index (χ0) is 21.9. The Bertz CT molecular complexity index is 979. The minimum absolute atomic E-state index is 0.0215. The average molecular weight is 442 g/mol. The van der Waals surface area contributed by atoms with Crippen molar-refractivity contribution >= 4 is 21.5 Å². The molecule has 0 unspecified atom stereocenters. The molecule has 30 heavy (non-hydrogen) atoms. The number of rotatable bonds is 6. The molecule has 0 saturated heterocycles. The average Bonchev–Trinajstić information content (AvgIpc) is 2.85. The number of nitrogens with zero attached hydrogens (tertiary/aromatic N) is 2. The number of benzene rings is 1. The second-order valence-electron chi connectivity index (χ2n) is 7.58. The van der Waals surface area contributed by atoms with Gasteiger partial charge < -0.3 is 15.2 Å². The van der Waals surface area contributed by atoms with Gasteiger partial charge in [-0.05, 0) is 43.5 Å². The lowest BCUT2D eigenvalue weighted by Crippen LogP contribution is -2.31. The van der Waals surface area contributed by atoms with Crippen molar-refractivity contribution in [1.82, 2.24) is 9.97 Å². The number of aliphatic hydroxyl groups excluding tert-OH is 1. The number of nitrogens with one attached hydrogen (secondary N) is 1. The van der Waals surface area contributed by atoms with E-state index >= 15 is 0 Å². The summed E-state index contributed by atoms with van der Waals surface area (Å²) in [6, 6.07) is 5.90. The van der Waals surface area contributed by atoms with E-state index < -0.39 is 33.5 Å². The summed E-state index contributed by atoms with van der Waals surface area (Å²) in [7, 11) is -3.33. The number of alkyl halides is 2. The number of aromatic nitrogens is 2. The second kappa shape index (κ2) is 8.81. The van der Waals surface area contributed by atoms with Gasteiger partial charge in [-0.3, -0.25) is 0 Å². The fourth-order valence-corrected chi connectivity index (χ4v) is 3.90. The molecule has 1 aliphatic rings. The molecule has 164 valence electrons. The monoisotopic (exact) mass is 441 g/mol. The van der Waals surface area contributed by atoms with Crippen LogP contribution in [0.25, 0.3) is 0 Å². The largest absolute Gasteiger partial charge is 0.471 e. The number of ether oxygens (including phenoxy) is 1. The van der Waals surface area contributed by atoms with Crippen molar-refractivity contribution in [2.45, 2.75) is 62.1 Å². The highest BCUT2D eigenvalue weighted by Gasteiger charge is 2.33. The second-order valence-corrected chi connectivity index (χ2v) is 9.60. The summed E-state index contributed by atoms with van der Waals surface area (Å²) in [6.45, 7) is 0.735. The standard InChI is InChI=1S/C20H25F2N3O4S/c1-20(21,22)15-12-23-19(24-13-8-10-14(11-9-13)30(2,27)28)25-18(15)29-17-7-5-3-4-6-16(17)26/h8-12,16-17,26H,3-7H2,1-2H3,(H,23,24,25)/t16-,17+/m0/s1. The quantitative estimate of drug-likeness (QED) is 0.658. The van der Waals surface area contributed by atoms with E-state index in [4.69, 9.17) is 4.74 Å². The van der Waals surface area contributed by atoms with Gasteiger partial charge in [0.15, 0.2) is 9.84 Å². The third-order valence-corrected chi connectivity index (χ3v) is 6.07. The summed E-state index contributed by atoms with van der Waals surface area (Å²) in [5, 5.41) is 13.1. The van der Waals surface area contributed by atoms with Crippen LogP contribution in [0.4, 0.5) is 20.4 Å². The molecule has 1 saturated carbocycles.